The van der Waals surface area contributed by atoms with E-state index < -0.39 is 0 Å². The molecule has 5 heterocycles. The number of hydrogen-bond acceptors (Lipinski definition) is 0. The van der Waals surface area contributed by atoms with Crippen LogP contribution in [0.25, 0.3) is 68.0 Å². The molecule has 0 fully saturated rings. The molecule has 2 aliphatic heterocycles. The molecule has 0 aliphatic carbocycles. The van der Waals surface area contributed by atoms with Crippen LogP contribution in [0.1, 0.15) is 126 Å². The van der Waals surface area contributed by atoms with Crippen molar-refractivity contribution >= 4 is 28.6 Å². The van der Waals surface area contributed by atoms with E-state index >= 15 is 0 Å². The Morgan fingerprint density at radius 1 is 0.703 bits per heavy atom. The van der Waals surface area contributed by atoms with Crippen LogP contribution in [0.5, 0.6) is 0 Å². The van der Waals surface area contributed by atoms with Crippen molar-refractivity contribution in [2.75, 3.05) is 0 Å². The minimum Gasteiger partial charge on any atom is -0.225 e. The number of hydrogen-bond donors (Lipinski definition) is 0. The van der Waals surface area contributed by atoms with Gasteiger partial charge in [-0.15, -0.1) is 0 Å². The molecule has 0 atom stereocenters. The summed E-state index contributed by atoms with van der Waals surface area (Å²) in [4.78, 5) is 0. The second-order valence-corrected chi connectivity index (χ2v) is 20.1. The predicted octanol–water partition coefficient (Wildman–Crippen LogP) is 14.5. The number of imidazole rings is 2. The Kier molecular flexibility index (Phi) is 11.2. The third kappa shape index (κ3) is 7.07. The lowest BCUT2D eigenvalue weighted by Gasteiger charge is -2.22. The summed E-state index contributed by atoms with van der Waals surface area (Å²) in [5, 5.41) is 2.60. The Hall–Kier alpha value is -6.26. The molecule has 64 heavy (non-hydrogen) atoms. The SMILES string of the molecule is C=Cc1c(C=C)[n+]2cc(-c3c(CC(C)C)cccc3CC(C)C)n3c2c2c(cccc12)C3(C)C.CC(C)c1cc(-c2ccccc2)cc(C(C)C)c1-n1cc[n+]2c1-c1ccccc1C2. The van der Waals surface area contributed by atoms with Gasteiger partial charge in [0.25, 0.3) is 11.5 Å². The molecule has 10 rings (SSSR count). The molecule has 0 amide bonds. The number of rotatable bonds is 11. The molecule has 3 aromatic heterocycles. The Labute approximate surface area is 381 Å². The van der Waals surface area contributed by atoms with E-state index in [2.05, 4.69) is 222 Å². The van der Waals surface area contributed by atoms with Gasteiger partial charge >= 0.3 is 0 Å². The van der Waals surface area contributed by atoms with Gasteiger partial charge in [0.2, 0.25) is 0 Å². The zero-order chi connectivity index (χ0) is 45.2. The first-order chi connectivity index (χ1) is 30.7. The minimum absolute atomic E-state index is 0.162. The number of aromatic nitrogens is 4. The van der Waals surface area contributed by atoms with Crippen molar-refractivity contribution in [3.8, 4) is 39.5 Å². The highest BCUT2D eigenvalue weighted by Crippen LogP contribution is 2.47. The molecule has 0 bridgehead atoms. The van der Waals surface area contributed by atoms with Crippen LogP contribution in [-0.2, 0) is 24.9 Å². The number of fused-ring (bicyclic) bond motifs is 3. The van der Waals surface area contributed by atoms with Gasteiger partial charge in [0.05, 0.1) is 10.9 Å². The van der Waals surface area contributed by atoms with Gasteiger partial charge in [0, 0.05) is 38.8 Å². The van der Waals surface area contributed by atoms with E-state index in [1.54, 1.807) is 0 Å². The maximum absolute atomic E-state index is 4.20. The first kappa shape index (κ1) is 43.0. The molecule has 0 saturated heterocycles. The maximum Gasteiger partial charge on any atom is 0.296 e. The summed E-state index contributed by atoms with van der Waals surface area (Å²) in [7, 11) is 0. The summed E-state index contributed by atoms with van der Waals surface area (Å²) >= 11 is 0. The van der Waals surface area contributed by atoms with Crippen LogP contribution in [-0.4, -0.2) is 9.13 Å². The molecule has 0 radical (unpaired) electrons. The van der Waals surface area contributed by atoms with Crippen molar-refractivity contribution in [3.63, 3.8) is 0 Å². The van der Waals surface area contributed by atoms with Crippen LogP contribution >= 0.6 is 0 Å². The average molecular weight is 843 g/mol. The quantitative estimate of drug-likeness (QED) is 0.116. The highest BCUT2D eigenvalue weighted by atomic mass is 15.2. The Bertz CT molecular complexity index is 3030. The topological polar surface area (TPSA) is 17.8 Å². The highest BCUT2D eigenvalue weighted by molar-refractivity contribution is 6.04. The van der Waals surface area contributed by atoms with Gasteiger partial charge in [-0.3, -0.25) is 0 Å². The van der Waals surface area contributed by atoms with E-state index in [1.807, 2.05) is 12.2 Å². The first-order valence-electron chi connectivity index (χ1n) is 23.6. The fraction of sp³-hybridized carbons (Fsp3) is 0.300. The lowest BCUT2D eigenvalue weighted by Crippen LogP contribution is -2.30. The molecule has 5 aromatic carbocycles. The summed E-state index contributed by atoms with van der Waals surface area (Å²) < 4.78 is 9.77. The van der Waals surface area contributed by atoms with E-state index in [-0.39, 0.29) is 5.54 Å². The van der Waals surface area contributed by atoms with Crippen molar-refractivity contribution < 1.29 is 8.97 Å². The van der Waals surface area contributed by atoms with Crippen LogP contribution in [0.3, 0.4) is 0 Å². The Morgan fingerprint density at radius 3 is 1.94 bits per heavy atom. The second kappa shape index (κ2) is 16.7. The lowest BCUT2D eigenvalue weighted by atomic mass is 9.87. The van der Waals surface area contributed by atoms with Crippen molar-refractivity contribution in [2.45, 2.75) is 106 Å². The summed E-state index contributed by atoms with van der Waals surface area (Å²) in [5.41, 5.74) is 19.9. The molecule has 0 saturated carbocycles. The van der Waals surface area contributed by atoms with E-state index in [0.717, 1.165) is 30.6 Å². The van der Waals surface area contributed by atoms with Crippen LogP contribution in [0.2, 0.25) is 0 Å². The minimum atomic E-state index is -0.162. The number of nitrogens with zero attached hydrogens (tertiary/aromatic N) is 4. The van der Waals surface area contributed by atoms with Gasteiger partial charge in [0.15, 0.2) is 5.69 Å². The van der Waals surface area contributed by atoms with Gasteiger partial charge in [-0.1, -0.05) is 160 Å². The average Bonchev–Trinajstić information content (AvgIpc) is 4.02. The van der Waals surface area contributed by atoms with E-state index in [0.29, 0.717) is 23.7 Å². The van der Waals surface area contributed by atoms with Crippen LogP contribution in [0, 0.1) is 11.8 Å². The largest absolute Gasteiger partial charge is 0.296 e. The molecule has 0 unspecified atom stereocenters. The van der Waals surface area contributed by atoms with Gasteiger partial charge in [-0.2, -0.15) is 8.97 Å². The zero-order valence-electron chi connectivity index (χ0n) is 39.8. The molecule has 8 aromatic rings. The second-order valence-electron chi connectivity index (χ2n) is 20.1. The lowest BCUT2D eigenvalue weighted by molar-refractivity contribution is -0.671. The molecule has 4 nitrogen and oxygen atoms in total. The summed E-state index contributed by atoms with van der Waals surface area (Å²) in [6, 6.07) is 38.0. The summed E-state index contributed by atoms with van der Waals surface area (Å²) in [6.45, 7) is 32.5. The number of benzene rings is 5. The number of pyridine rings is 1. The standard InChI is InChI=1S/C32H37N2.C28H29N2/c1-9-24-25-15-12-16-26-30(25)31-33(27(24)10-2)19-28(34(31)32(26,7)8)29-22(17-20(3)4)13-11-14-23(29)18-21(5)6;1-19(2)25-16-23(21-10-6-5-7-11-21)17-26(20(3)4)27(25)30-15-14-29-18-22-12-8-9-13-24(22)28(29)30/h9-16,19-21H,1-2,17-18H2,3-8H3;5-17,19-20H,18H2,1-4H3/q2*+1. The van der Waals surface area contributed by atoms with E-state index in [9.17, 15) is 0 Å². The van der Waals surface area contributed by atoms with Crippen LogP contribution in [0.4, 0.5) is 0 Å². The van der Waals surface area contributed by atoms with Gasteiger partial charge < -0.3 is 0 Å². The van der Waals surface area contributed by atoms with Crippen molar-refractivity contribution in [1.29, 1.82) is 0 Å². The maximum atomic E-state index is 4.20. The molecular weight excluding hydrogens is 777 g/mol. The van der Waals surface area contributed by atoms with E-state index in [1.165, 1.54) is 89.3 Å². The van der Waals surface area contributed by atoms with Crippen LogP contribution in [0.15, 0.2) is 135 Å². The van der Waals surface area contributed by atoms with Crippen molar-refractivity contribution in [3.05, 3.63) is 180 Å². The zero-order valence-corrected chi connectivity index (χ0v) is 39.8. The molecule has 0 spiro atoms. The molecule has 4 heteroatoms. The summed E-state index contributed by atoms with van der Waals surface area (Å²) in [6.07, 6.45) is 13.0. The highest BCUT2D eigenvalue weighted by Gasteiger charge is 2.45. The molecule has 324 valence electrons. The van der Waals surface area contributed by atoms with E-state index in [4.69, 9.17) is 0 Å². The predicted molar refractivity (Wildman–Crippen MR) is 270 cm³/mol. The third-order valence-electron chi connectivity index (χ3n) is 13.7. The third-order valence-corrected chi connectivity index (χ3v) is 13.7. The Morgan fingerprint density at radius 2 is 1.33 bits per heavy atom. The molecule has 2 aliphatic rings. The summed E-state index contributed by atoms with van der Waals surface area (Å²) in [5.74, 6) is 3.34. The van der Waals surface area contributed by atoms with Gasteiger partial charge in [-0.25, -0.2) is 9.13 Å². The monoisotopic (exact) mass is 843 g/mol. The smallest absolute Gasteiger partial charge is 0.225 e. The van der Waals surface area contributed by atoms with Gasteiger partial charge in [0.1, 0.15) is 42.1 Å². The fourth-order valence-electron chi connectivity index (χ4n) is 10.9. The fourth-order valence-corrected chi connectivity index (χ4v) is 10.9. The molecule has 0 N–H and O–H groups in total. The van der Waals surface area contributed by atoms with Crippen LogP contribution < -0.4 is 8.97 Å². The van der Waals surface area contributed by atoms with Gasteiger partial charge in [-0.05, 0) is 96.9 Å². The Balaban J connectivity index is 0.000000163. The normalized spacial score (nSPS) is 13.4. The molecular formula is C60H66N4+2. The first-order valence-corrected chi connectivity index (χ1v) is 23.6. The van der Waals surface area contributed by atoms with Crippen molar-refractivity contribution in [2.24, 2.45) is 11.8 Å². The van der Waals surface area contributed by atoms with Crippen molar-refractivity contribution in [1.82, 2.24) is 9.13 Å².